The molecule has 0 radical (unpaired) electrons. The summed E-state index contributed by atoms with van der Waals surface area (Å²) in [6.07, 6.45) is 1.06. The van der Waals surface area contributed by atoms with Crippen molar-refractivity contribution in [2.75, 3.05) is 45.3 Å². The van der Waals surface area contributed by atoms with Crippen LogP contribution >= 0.6 is 11.6 Å². The first-order valence-electron chi connectivity index (χ1n) is 8.97. The normalized spacial score (nSPS) is 14.2. The van der Waals surface area contributed by atoms with Gasteiger partial charge in [0.05, 0.1) is 14.2 Å². The Morgan fingerprint density at radius 3 is 2.56 bits per heavy atom. The predicted octanol–water partition coefficient (Wildman–Crippen LogP) is 3.03. The number of benzene rings is 1. The second-order valence-corrected chi connectivity index (χ2v) is 6.75. The lowest BCUT2D eigenvalue weighted by Gasteiger charge is -2.35. The van der Waals surface area contributed by atoms with Gasteiger partial charge < -0.3 is 19.3 Å². The van der Waals surface area contributed by atoms with E-state index in [9.17, 15) is 4.79 Å². The van der Waals surface area contributed by atoms with Crippen molar-refractivity contribution < 1.29 is 14.3 Å². The Balaban J connectivity index is 1.54. The zero-order chi connectivity index (χ0) is 19.2. The summed E-state index contributed by atoms with van der Waals surface area (Å²) in [5.74, 6) is 2.55. The molecule has 0 unspecified atom stereocenters. The molecular weight excluding hydrogens is 366 g/mol. The monoisotopic (exact) mass is 389 g/mol. The first-order chi connectivity index (χ1) is 13.1. The number of nitrogens with zero attached hydrogens (tertiary/aromatic N) is 3. The van der Waals surface area contributed by atoms with Gasteiger partial charge in [-0.05, 0) is 42.3 Å². The minimum Gasteiger partial charge on any atom is -0.497 e. The Morgan fingerprint density at radius 2 is 1.89 bits per heavy atom. The minimum atomic E-state index is 0.151. The SMILES string of the molecule is COc1ccc(OC)c(CCC(=O)N2CCN(c3cccc(Cl)n3)CC2)c1. The van der Waals surface area contributed by atoms with Crippen LogP contribution in [0.3, 0.4) is 0 Å². The molecule has 1 amide bonds. The summed E-state index contributed by atoms with van der Waals surface area (Å²) in [5.41, 5.74) is 0.979. The second-order valence-electron chi connectivity index (χ2n) is 6.36. The number of aryl methyl sites for hydroxylation is 1. The summed E-state index contributed by atoms with van der Waals surface area (Å²) in [7, 11) is 3.27. The van der Waals surface area contributed by atoms with E-state index in [4.69, 9.17) is 21.1 Å². The molecule has 1 aliphatic rings. The van der Waals surface area contributed by atoms with E-state index in [0.29, 0.717) is 31.1 Å². The van der Waals surface area contributed by atoms with Gasteiger partial charge in [-0.2, -0.15) is 0 Å². The van der Waals surface area contributed by atoms with Gasteiger partial charge in [0.1, 0.15) is 22.5 Å². The number of carbonyl (C=O) groups excluding carboxylic acids is 1. The third-order valence-electron chi connectivity index (χ3n) is 4.75. The number of halogens is 1. The molecule has 0 saturated carbocycles. The van der Waals surface area contributed by atoms with Crippen LogP contribution in [0.2, 0.25) is 5.15 Å². The number of anilines is 1. The molecule has 1 fully saturated rings. The van der Waals surface area contributed by atoms with Crippen LogP contribution in [-0.4, -0.2) is 56.2 Å². The average Bonchev–Trinajstić information content (AvgIpc) is 2.71. The molecule has 0 atom stereocenters. The smallest absolute Gasteiger partial charge is 0.223 e. The molecule has 3 rings (SSSR count). The third kappa shape index (κ3) is 4.83. The zero-order valence-corrected chi connectivity index (χ0v) is 16.4. The number of piperazine rings is 1. The average molecular weight is 390 g/mol. The van der Waals surface area contributed by atoms with Gasteiger partial charge in [0.25, 0.3) is 0 Å². The number of hydrogen-bond donors (Lipinski definition) is 0. The van der Waals surface area contributed by atoms with Crippen LogP contribution in [0.4, 0.5) is 5.82 Å². The van der Waals surface area contributed by atoms with Gasteiger partial charge in [-0.25, -0.2) is 4.98 Å². The highest BCUT2D eigenvalue weighted by Crippen LogP contribution is 2.25. The molecule has 0 spiro atoms. The van der Waals surface area contributed by atoms with E-state index in [2.05, 4.69) is 9.88 Å². The van der Waals surface area contributed by atoms with Crippen LogP contribution in [0.25, 0.3) is 0 Å². The van der Waals surface area contributed by atoms with E-state index in [-0.39, 0.29) is 5.91 Å². The summed E-state index contributed by atoms with van der Waals surface area (Å²) in [5, 5.41) is 0.484. The van der Waals surface area contributed by atoms with Crippen molar-refractivity contribution in [3.8, 4) is 11.5 Å². The van der Waals surface area contributed by atoms with Crippen LogP contribution in [0.1, 0.15) is 12.0 Å². The summed E-state index contributed by atoms with van der Waals surface area (Å²) >= 11 is 5.97. The maximum Gasteiger partial charge on any atom is 0.223 e. The lowest BCUT2D eigenvalue weighted by atomic mass is 10.1. The van der Waals surface area contributed by atoms with Gasteiger partial charge in [-0.1, -0.05) is 17.7 Å². The third-order valence-corrected chi connectivity index (χ3v) is 4.96. The van der Waals surface area contributed by atoms with E-state index < -0.39 is 0 Å². The highest BCUT2D eigenvalue weighted by Gasteiger charge is 2.22. The highest BCUT2D eigenvalue weighted by atomic mass is 35.5. The summed E-state index contributed by atoms with van der Waals surface area (Å²) in [4.78, 5) is 21.0. The van der Waals surface area contributed by atoms with E-state index in [1.54, 1.807) is 20.3 Å². The molecule has 2 heterocycles. The number of rotatable bonds is 6. The summed E-state index contributed by atoms with van der Waals surface area (Å²) in [6, 6.07) is 11.2. The number of hydrogen-bond acceptors (Lipinski definition) is 5. The lowest BCUT2D eigenvalue weighted by molar-refractivity contribution is -0.131. The molecule has 7 heteroatoms. The Labute approximate surface area is 164 Å². The number of aromatic nitrogens is 1. The van der Waals surface area contributed by atoms with Crippen molar-refractivity contribution in [2.24, 2.45) is 0 Å². The molecule has 144 valence electrons. The summed E-state index contributed by atoms with van der Waals surface area (Å²) in [6.45, 7) is 2.87. The predicted molar refractivity (Wildman–Crippen MR) is 106 cm³/mol. The van der Waals surface area contributed by atoms with Gasteiger partial charge in [0.15, 0.2) is 0 Å². The standard InChI is InChI=1S/C20H24ClN3O3/c1-26-16-7-8-17(27-2)15(14-16)6-9-20(25)24-12-10-23(11-13-24)19-5-3-4-18(21)22-19/h3-5,7-8,14H,6,9-13H2,1-2H3. The topological polar surface area (TPSA) is 54.9 Å². The molecule has 1 aliphatic heterocycles. The fraction of sp³-hybridized carbons (Fsp3) is 0.400. The molecule has 1 aromatic carbocycles. The number of pyridine rings is 1. The van der Waals surface area contributed by atoms with Crippen molar-refractivity contribution in [3.05, 3.63) is 47.1 Å². The quantitative estimate of drug-likeness (QED) is 0.711. The van der Waals surface area contributed by atoms with Gasteiger partial charge in [-0.15, -0.1) is 0 Å². The van der Waals surface area contributed by atoms with E-state index >= 15 is 0 Å². The maximum absolute atomic E-state index is 12.6. The second kappa shape index (κ2) is 8.95. The maximum atomic E-state index is 12.6. The van der Waals surface area contributed by atoms with E-state index in [1.807, 2.05) is 35.2 Å². The first kappa shape index (κ1) is 19.3. The van der Waals surface area contributed by atoms with Crippen molar-refractivity contribution in [3.63, 3.8) is 0 Å². The highest BCUT2D eigenvalue weighted by molar-refractivity contribution is 6.29. The van der Waals surface area contributed by atoms with Gasteiger partial charge >= 0.3 is 0 Å². The molecule has 1 aromatic heterocycles. The van der Waals surface area contributed by atoms with Crippen LogP contribution < -0.4 is 14.4 Å². The van der Waals surface area contributed by atoms with Gasteiger partial charge in [0.2, 0.25) is 5.91 Å². The van der Waals surface area contributed by atoms with E-state index in [0.717, 1.165) is 36.0 Å². The van der Waals surface area contributed by atoms with Crippen LogP contribution in [0.5, 0.6) is 11.5 Å². The summed E-state index contributed by atoms with van der Waals surface area (Å²) < 4.78 is 10.7. The Hall–Kier alpha value is -2.47. The van der Waals surface area contributed by atoms with E-state index in [1.165, 1.54) is 0 Å². The Morgan fingerprint density at radius 1 is 1.11 bits per heavy atom. The van der Waals surface area contributed by atoms with Crippen molar-refractivity contribution in [2.45, 2.75) is 12.8 Å². The fourth-order valence-corrected chi connectivity index (χ4v) is 3.39. The van der Waals surface area contributed by atoms with Gasteiger partial charge in [0, 0.05) is 32.6 Å². The molecule has 2 aromatic rings. The zero-order valence-electron chi connectivity index (χ0n) is 15.7. The fourth-order valence-electron chi connectivity index (χ4n) is 3.24. The molecule has 0 N–H and O–H groups in total. The minimum absolute atomic E-state index is 0.151. The molecule has 0 aliphatic carbocycles. The molecule has 27 heavy (non-hydrogen) atoms. The number of methoxy groups -OCH3 is 2. The molecule has 6 nitrogen and oxygen atoms in total. The lowest BCUT2D eigenvalue weighted by Crippen LogP contribution is -2.49. The van der Waals surface area contributed by atoms with Crippen LogP contribution in [-0.2, 0) is 11.2 Å². The number of carbonyl (C=O) groups is 1. The van der Waals surface area contributed by atoms with Crippen LogP contribution in [0, 0.1) is 0 Å². The molecular formula is C20H24ClN3O3. The van der Waals surface area contributed by atoms with Crippen molar-refractivity contribution >= 4 is 23.3 Å². The first-order valence-corrected chi connectivity index (χ1v) is 9.34. The number of ether oxygens (including phenoxy) is 2. The van der Waals surface area contributed by atoms with Crippen LogP contribution in [0.15, 0.2) is 36.4 Å². The number of amides is 1. The van der Waals surface area contributed by atoms with Gasteiger partial charge in [-0.3, -0.25) is 4.79 Å². The largest absolute Gasteiger partial charge is 0.497 e. The molecule has 0 bridgehead atoms. The van der Waals surface area contributed by atoms with Crippen molar-refractivity contribution in [1.29, 1.82) is 0 Å². The van der Waals surface area contributed by atoms with Crippen molar-refractivity contribution in [1.82, 2.24) is 9.88 Å². The Bertz CT molecular complexity index is 792. The molecule has 1 saturated heterocycles. The Kier molecular flexibility index (Phi) is 6.40.